The van der Waals surface area contributed by atoms with Gasteiger partial charge in [0.2, 0.25) is 5.91 Å². The fraction of sp³-hybridized carbons (Fsp3) is 0.333. The van der Waals surface area contributed by atoms with Crippen molar-refractivity contribution in [1.29, 1.82) is 0 Å². The molecule has 0 radical (unpaired) electrons. The molecule has 2 aromatic rings. The van der Waals surface area contributed by atoms with Gasteiger partial charge in [-0.05, 0) is 36.1 Å². The van der Waals surface area contributed by atoms with Crippen LogP contribution >= 0.6 is 0 Å². The molecule has 1 unspecified atom stereocenters. The quantitative estimate of drug-likeness (QED) is 0.892. The standard InChI is InChI=1S/C18H21N3O2/c1-2-17-16(14-4-6-15(22)7-5-14)12-18(23)21(17)10-3-9-20-11-8-19-13-20/h4-8,11-13,17,22H,2-3,9-10H2,1H3. The molecule has 0 saturated carbocycles. The van der Waals surface area contributed by atoms with Crippen molar-refractivity contribution < 1.29 is 9.90 Å². The molecule has 1 aromatic carbocycles. The minimum atomic E-state index is 0.0746. The Balaban J connectivity index is 1.68. The number of aryl methyl sites for hydroxylation is 1. The van der Waals surface area contributed by atoms with Crippen LogP contribution in [0, 0.1) is 0 Å². The van der Waals surface area contributed by atoms with E-state index in [1.165, 1.54) is 0 Å². The Kier molecular flexibility index (Phi) is 4.46. The van der Waals surface area contributed by atoms with Crippen LogP contribution in [0.15, 0.2) is 49.1 Å². The Labute approximate surface area is 135 Å². The lowest BCUT2D eigenvalue weighted by molar-refractivity contribution is -0.126. The minimum absolute atomic E-state index is 0.0746. The number of hydrogen-bond donors (Lipinski definition) is 1. The third kappa shape index (κ3) is 3.28. The molecule has 120 valence electrons. The largest absolute Gasteiger partial charge is 0.508 e. The molecule has 0 fully saturated rings. The van der Waals surface area contributed by atoms with E-state index in [1.54, 1.807) is 30.7 Å². The lowest BCUT2D eigenvalue weighted by Gasteiger charge is -2.26. The fourth-order valence-corrected chi connectivity index (χ4v) is 3.11. The molecule has 5 nitrogen and oxygen atoms in total. The molecule has 0 aliphatic carbocycles. The summed E-state index contributed by atoms with van der Waals surface area (Å²) in [6, 6.07) is 7.16. The number of benzene rings is 1. The minimum Gasteiger partial charge on any atom is -0.508 e. The molecule has 1 N–H and O–H groups in total. The van der Waals surface area contributed by atoms with Gasteiger partial charge >= 0.3 is 0 Å². The van der Waals surface area contributed by atoms with Gasteiger partial charge in [0.15, 0.2) is 0 Å². The van der Waals surface area contributed by atoms with Crippen LogP contribution in [0.3, 0.4) is 0 Å². The maximum Gasteiger partial charge on any atom is 0.247 e. The van der Waals surface area contributed by atoms with E-state index in [-0.39, 0.29) is 17.7 Å². The number of aromatic hydroxyl groups is 1. The van der Waals surface area contributed by atoms with E-state index < -0.39 is 0 Å². The Morgan fingerprint density at radius 3 is 2.65 bits per heavy atom. The zero-order valence-electron chi connectivity index (χ0n) is 13.2. The second-order valence-electron chi connectivity index (χ2n) is 5.76. The average Bonchev–Trinajstić information content (AvgIpc) is 3.17. The smallest absolute Gasteiger partial charge is 0.247 e. The van der Waals surface area contributed by atoms with E-state index in [0.29, 0.717) is 0 Å². The van der Waals surface area contributed by atoms with Crippen LogP contribution in [-0.4, -0.2) is 38.1 Å². The Bertz CT molecular complexity index is 690. The fourth-order valence-electron chi connectivity index (χ4n) is 3.11. The molecule has 0 spiro atoms. The Hall–Kier alpha value is -2.56. The third-order valence-corrected chi connectivity index (χ3v) is 4.26. The first-order valence-electron chi connectivity index (χ1n) is 7.96. The van der Waals surface area contributed by atoms with Crippen LogP contribution in [0.5, 0.6) is 5.75 Å². The number of imidazole rings is 1. The topological polar surface area (TPSA) is 58.4 Å². The SMILES string of the molecule is CCC1C(c2ccc(O)cc2)=CC(=O)N1CCCn1ccnc1. The predicted octanol–water partition coefficient (Wildman–Crippen LogP) is 2.68. The summed E-state index contributed by atoms with van der Waals surface area (Å²) in [6.45, 7) is 3.68. The summed E-state index contributed by atoms with van der Waals surface area (Å²) in [5, 5.41) is 9.43. The van der Waals surface area contributed by atoms with Crippen molar-refractivity contribution in [1.82, 2.24) is 14.5 Å². The summed E-state index contributed by atoms with van der Waals surface area (Å²) < 4.78 is 2.02. The van der Waals surface area contributed by atoms with Gasteiger partial charge in [0.1, 0.15) is 5.75 Å². The predicted molar refractivity (Wildman–Crippen MR) is 88.7 cm³/mol. The van der Waals surface area contributed by atoms with E-state index in [0.717, 1.165) is 37.1 Å². The molecule has 2 heterocycles. The van der Waals surface area contributed by atoms with Gasteiger partial charge in [-0.2, -0.15) is 0 Å². The number of aromatic nitrogens is 2. The maximum atomic E-state index is 12.4. The second-order valence-corrected chi connectivity index (χ2v) is 5.76. The molecule has 1 aromatic heterocycles. The summed E-state index contributed by atoms with van der Waals surface area (Å²) in [6.07, 6.45) is 9.00. The van der Waals surface area contributed by atoms with Gasteiger partial charge in [-0.15, -0.1) is 0 Å². The van der Waals surface area contributed by atoms with Crippen molar-refractivity contribution in [3.8, 4) is 5.75 Å². The summed E-state index contributed by atoms with van der Waals surface area (Å²) in [7, 11) is 0. The Morgan fingerprint density at radius 2 is 2.00 bits per heavy atom. The summed E-state index contributed by atoms with van der Waals surface area (Å²) in [5.41, 5.74) is 2.04. The van der Waals surface area contributed by atoms with Crippen molar-refractivity contribution in [2.45, 2.75) is 32.4 Å². The van der Waals surface area contributed by atoms with Crippen molar-refractivity contribution in [2.75, 3.05) is 6.54 Å². The number of carbonyl (C=O) groups excluding carboxylic acids is 1. The molecular weight excluding hydrogens is 290 g/mol. The van der Waals surface area contributed by atoms with E-state index in [9.17, 15) is 9.90 Å². The van der Waals surface area contributed by atoms with Crippen molar-refractivity contribution in [2.24, 2.45) is 0 Å². The van der Waals surface area contributed by atoms with Crippen molar-refractivity contribution in [3.05, 3.63) is 54.6 Å². The number of rotatable bonds is 6. The molecule has 1 amide bonds. The lowest BCUT2D eigenvalue weighted by Crippen LogP contribution is -2.35. The zero-order chi connectivity index (χ0) is 16.2. The number of amides is 1. The van der Waals surface area contributed by atoms with Crippen molar-refractivity contribution >= 4 is 11.5 Å². The normalized spacial score (nSPS) is 17.6. The van der Waals surface area contributed by atoms with Crippen LogP contribution in [-0.2, 0) is 11.3 Å². The van der Waals surface area contributed by atoms with E-state index in [4.69, 9.17) is 0 Å². The molecule has 1 aliphatic rings. The van der Waals surface area contributed by atoms with Gasteiger partial charge in [-0.25, -0.2) is 4.98 Å². The van der Waals surface area contributed by atoms with Crippen LogP contribution in [0.1, 0.15) is 25.3 Å². The van der Waals surface area contributed by atoms with Gasteiger partial charge in [-0.3, -0.25) is 4.79 Å². The molecule has 0 saturated heterocycles. The summed E-state index contributed by atoms with van der Waals surface area (Å²) in [4.78, 5) is 18.3. The number of carbonyl (C=O) groups is 1. The molecule has 5 heteroatoms. The van der Waals surface area contributed by atoms with E-state index in [2.05, 4.69) is 11.9 Å². The molecule has 3 rings (SSSR count). The van der Waals surface area contributed by atoms with Gasteiger partial charge in [-0.1, -0.05) is 19.1 Å². The van der Waals surface area contributed by atoms with Crippen molar-refractivity contribution in [3.63, 3.8) is 0 Å². The highest BCUT2D eigenvalue weighted by atomic mass is 16.3. The first-order valence-corrected chi connectivity index (χ1v) is 7.96. The van der Waals surface area contributed by atoms with Gasteiger partial charge in [0.05, 0.1) is 12.4 Å². The van der Waals surface area contributed by atoms with Crippen LogP contribution in [0.4, 0.5) is 0 Å². The monoisotopic (exact) mass is 311 g/mol. The van der Waals surface area contributed by atoms with E-state index in [1.807, 2.05) is 27.8 Å². The molecule has 23 heavy (non-hydrogen) atoms. The van der Waals surface area contributed by atoms with Gasteiger partial charge in [0, 0.05) is 31.6 Å². The first-order chi connectivity index (χ1) is 11.2. The maximum absolute atomic E-state index is 12.4. The lowest BCUT2D eigenvalue weighted by atomic mass is 9.98. The third-order valence-electron chi connectivity index (χ3n) is 4.26. The number of phenols is 1. The highest BCUT2D eigenvalue weighted by Crippen LogP contribution is 2.31. The van der Waals surface area contributed by atoms with Crippen LogP contribution in [0.2, 0.25) is 0 Å². The zero-order valence-corrected chi connectivity index (χ0v) is 13.2. The summed E-state index contributed by atoms with van der Waals surface area (Å²) in [5.74, 6) is 0.314. The highest BCUT2D eigenvalue weighted by molar-refractivity contribution is 6.01. The first kappa shape index (κ1) is 15.3. The highest BCUT2D eigenvalue weighted by Gasteiger charge is 2.31. The van der Waals surface area contributed by atoms with Gasteiger partial charge in [0.25, 0.3) is 0 Å². The van der Waals surface area contributed by atoms with Crippen LogP contribution < -0.4 is 0 Å². The Morgan fingerprint density at radius 1 is 1.22 bits per heavy atom. The number of hydrogen-bond acceptors (Lipinski definition) is 3. The van der Waals surface area contributed by atoms with Crippen LogP contribution in [0.25, 0.3) is 5.57 Å². The number of nitrogens with zero attached hydrogens (tertiary/aromatic N) is 3. The van der Waals surface area contributed by atoms with E-state index >= 15 is 0 Å². The molecule has 1 atom stereocenters. The average molecular weight is 311 g/mol. The molecule has 0 bridgehead atoms. The summed E-state index contributed by atoms with van der Waals surface area (Å²) >= 11 is 0. The molecule has 1 aliphatic heterocycles. The number of phenolic OH excluding ortho intramolecular Hbond substituents is 1. The second kappa shape index (κ2) is 6.69. The molecular formula is C18H21N3O2. The van der Waals surface area contributed by atoms with Gasteiger partial charge < -0.3 is 14.6 Å².